The van der Waals surface area contributed by atoms with Gasteiger partial charge in [-0.2, -0.15) is 0 Å². The molecule has 7 nitrogen and oxygen atoms in total. The number of anilines is 1. The van der Waals surface area contributed by atoms with Crippen LogP contribution in [-0.2, 0) is 21.1 Å². The Kier molecular flexibility index (Phi) is 7.63. The summed E-state index contributed by atoms with van der Waals surface area (Å²) in [5.41, 5.74) is 1.92. The highest BCUT2D eigenvalue weighted by Crippen LogP contribution is 2.35. The molecule has 1 amide bonds. The summed E-state index contributed by atoms with van der Waals surface area (Å²) >= 11 is 1.30. The zero-order valence-electron chi connectivity index (χ0n) is 18.4. The number of hydrogen-bond donors (Lipinski definition) is 3. The van der Waals surface area contributed by atoms with E-state index in [1.807, 2.05) is 11.5 Å². The fourth-order valence-corrected chi connectivity index (χ4v) is 6.54. The fraction of sp³-hybridized carbons (Fsp3) is 0.500. The van der Waals surface area contributed by atoms with Crippen LogP contribution in [0.4, 0.5) is 5.13 Å². The van der Waals surface area contributed by atoms with E-state index in [1.54, 1.807) is 24.3 Å². The third-order valence-corrected chi connectivity index (χ3v) is 9.38. The second kappa shape index (κ2) is 10.5. The Bertz CT molecular complexity index is 1090. The summed E-state index contributed by atoms with van der Waals surface area (Å²) in [7, 11) is -3.28. The van der Waals surface area contributed by atoms with Gasteiger partial charge in [0.1, 0.15) is 0 Å². The Balaban J connectivity index is 1.53. The largest absolute Gasteiger partial charge is 0.396 e. The Labute approximate surface area is 198 Å². The molecule has 3 N–H and O–H groups in total. The van der Waals surface area contributed by atoms with Crippen LogP contribution in [0, 0.1) is 11.8 Å². The molecule has 0 atom stereocenters. The maximum atomic E-state index is 13.2. The topological polar surface area (TPSA) is 117 Å². The summed E-state index contributed by atoms with van der Waals surface area (Å²) in [6.07, 6.45) is 8.23. The average molecular weight is 491 g/mol. The molecule has 0 saturated heterocycles. The minimum Gasteiger partial charge on any atom is -0.396 e. The minimum absolute atomic E-state index is 0.129. The van der Waals surface area contributed by atoms with Gasteiger partial charge >= 0.3 is 0 Å². The molecule has 178 valence electrons. The molecule has 0 aliphatic heterocycles. The second-order valence-electron chi connectivity index (χ2n) is 8.93. The van der Waals surface area contributed by atoms with Crippen molar-refractivity contribution in [3.05, 3.63) is 47.0 Å². The van der Waals surface area contributed by atoms with E-state index in [-0.39, 0.29) is 30.3 Å². The van der Waals surface area contributed by atoms with Crippen molar-refractivity contribution < 1.29 is 23.4 Å². The van der Waals surface area contributed by atoms with Gasteiger partial charge in [-0.25, -0.2) is 13.4 Å². The number of sulfone groups is 1. The Hall–Kier alpha value is -2.07. The zero-order chi connectivity index (χ0) is 23.4. The van der Waals surface area contributed by atoms with Gasteiger partial charge in [0.2, 0.25) is 0 Å². The van der Waals surface area contributed by atoms with E-state index >= 15 is 0 Å². The van der Waals surface area contributed by atoms with Gasteiger partial charge < -0.3 is 10.2 Å². The van der Waals surface area contributed by atoms with Crippen molar-refractivity contribution in [1.29, 1.82) is 0 Å². The van der Waals surface area contributed by atoms with E-state index in [0.29, 0.717) is 52.0 Å². The van der Waals surface area contributed by atoms with Crippen LogP contribution in [-0.4, -0.2) is 48.0 Å². The van der Waals surface area contributed by atoms with Gasteiger partial charge in [-0.05, 0) is 55.7 Å². The molecule has 2 aromatic rings. The minimum atomic E-state index is -3.28. The lowest BCUT2D eigenvalue weighted by Gasteiger charge is -2.12. The molecule has 9 heteroatoms. The molecule has 2 aliphatic carbocycles. The Morgan fingerprint density at radius 3 is 2.39 bits per heavy atom. The van der Waals surface area contributed by atoms with Crippen molar-refractivity contribution in [3.8, 4) is 0 Å². The molecule has 1 aromatic heterocycles. The predicted octanol–water partition coefficient (Wildman–Crippen LogP) is 3.43. The smallest absolute Gasteiger partial charge is 0.257 e. The van der Waals surface area contributed by atoms with Crippen LogP contribution >= 0.6 is 11.3 Å². The molecule has 2 fully saturated rings. The first-order chi connectivity index (χ1) is 15.9. The average Bonchev–Trinajstić information content (AvgIpc) is 3.40. The third-order valence-electron chi connectivity index (χ3n) is 6.29. The van der Waals surface area contributed by atoms with Crippen molar-refractivity contribution in [2.45, 2.75) is 55.1 Å². The van der Waals surface area contributed by atoms with Gasteiger partial charge in [-0.15, -0.1) is 11.3 Å². The van der Waals surface area contributed by atoms with Crippen molar-refractivity contribution in [2.75, 3.05) is 18.5 Å². The molecule has 1 heterocycles. The zero-order valence-corrected chi connectivity index (χ0v) is 20.1. The lowest BCUT2D eigenvalue weighted by atomic mass is 9.98. The number of nitrogens with zero attached hydrogens (tertiary/aromatic N) is 1. The summed E-state index contributed by atoms with van der Waals surface area (Å²) in [6.45, 7) is -0.257. The monoisotopic (exact) mass is 490 g/mol. The van der Waals surface area contributed by atoms with Crippen LogP contribution < -0.4 is 5.32 Å². The number of aliphatic hydroxyl groups excluding tert-OH is 2. The van der Waals surface area contributed by atoms with Crippen LogP contribution in [0.3, 0.4) is 0 Å². The number of thiazole rings is 1. The third kappa shape index (κ3) is 5.90. The van der Waals surface area contributed by atoms with Gasteiger partial charge in [-0.1, -0.05) is 31.1 Å². The first kappa shape index (κ1) is 24.1. The van der Waals surface area contributed by atoms with Gasteiger partial charge in [0, 0.05) is 30.1 Å². The lowest BCUT2D eigenvalue weighted by molar-refractivity contribution is -0.111. The highest BCUT2D eigenvalue weighted by molar-refractivity contribution is 7.92. The summed E-state index contributed by atoms with van der Waals surface area (Å²) in [5.74, 6) is -0.234. The second-order valence-corrected chi connectivity index (χ2v) is 12.0. The number of allylic oxidation sites excluding steroid dienone is 1. The van der Waals surface area contributed by atoms with E-state index in [9.17, 15) is 23.4 Å². The van der Waals surface area contributed by atoms with E-state index in [4.69, 9.17) is 0 Å². The highest BCUT2D eigenvalue weighted by atomic mass is 32.2. The van der Waals surface area contributed by atoms with Crippen LogP contribution in [0.15, 0.2) is 40.6 Å². The maximum absolute atomic E-state index is 13.2. The molecule has 0 bridgehead atoms. The van der Waals surface area contributed by atoms with Crippen LogP contribution in [0.25, 0.3) is 5.57 Å². The quantitative estimate of drug-likeness (QED) is 0.439. The number of amides is 1. The van der Waals surface area contributed by atoms with E-state index in [1.165, 1.54) is 11.3 Å². The fourth-order valence-electron chi connectivity index (χ4n) is 4.16. The standard InChI is InChI=1S/C24H30N2O5S2/c27-13-17(14-28)11-19-15-32-24(25-19)26-23(29)22(12-16-3-1-2-4-16)18-5-7-20(8-6-18)33(30,31)21-9-10-21/h5-8,12,15-17,21,27-28H,1-4,9-11,13-14H2,(H,25,26,29). The number of carbonyl (C=O) groups excluding carboxylic acids is 1. The Morgan fingerprint density at radius 2 is 1.79 bits per heavy atom. The van der Waals surface area contributed by atoms with Crippen molar-refractivity contribution in [3.63, 3.8) is 0 Å². The van der Waals surface area contributed by atoms with Gasteiger partial charge in [0.15, 0.2) is 15.0 Å². The first-order valence-electron chi connectivity index (χ1n) is 11.4. The van der Waals surface area contributed by atoms with Crippen molar-refractivity contribution in [2.24, 2.45) is 11.8 Å². The first-order valence-corrected chi connectivity index (χ1v) is 13.9. The van der Waals surface area contributed by atoms with Crippen molar-refractivity contribution >= 4 is 37.8 Å². The highest BCUT2D eigenvalue weighted by Gasteiger charge is 2.36. The SMILES string of the molecule is O=C(Nc1nc(CC(CO)CO)cs1)C(=CC1CCCC1)c1ccc(S(=O)(=O)C2CC2)cc1. The number of aromatic nitrogens is 1. The van der Waals surface area contributed by atoms with E-state index < -0.39 is 9.84 Å². The van der Waals surface area contributed by atoms with Crippen molar-refractivity contribution in [1.82, 2.24) is 4.98 Å². The van der Waals surface area contributed by atoms with E-state index in [2.05, 4.69) is 10.3 Å². The lowest BCUT2D eigenvalue weighted by Crippen LogP contribution is -2.16. The normalized spacial score (nSPS) is 17.6. The summed E-state index contributed by atoms with van der Waals surface area (Å²) in [4.78, 5) is 18.0. The molecular weight excluding hydrogens is 460 g/mol. The number of aliphatic hydroxyl groups is 2. The molecule has 2 saturated carbocycles. The van der Waals surface area contributed by atoms with Gasteiger partial charge in [-0.3, -0.25) is 10.1 Å². The van der Waals surface area contributed by atoms with Crippen LogP contribution in [0.1, 0.15) is 49.8 Å². The predicted molar refractivity (Wildman–Crippen MR) is 129 cm³/mol. The number of rotatable bonds is 10. The van der Waals surface area contributed by atoms with Gasteiger partial charge in [0.05, 0.1) is 15.8 Å². The summed E-state index contributed by atoms with van der Waals surface area (Å²) in [5, 5.41) is 23.4. The molecule has 4 rings (SSSR count). The summed E-state index contributed by atoms with van der Waals surface area (Å²) in [6, 6.07) is 6.64. The number of nitrogens with one attached hydrogen (secondary N) is 1. The van der Waals surface area contributed by atoms with E-state index in [0.717, 1.165) is 25.7 Å². The maximum Gasteiger partial charge on any atom is 0.257 e. The summed E-state index contributed by atoms with van der Waals surface area (Å²) < 4.78 is 25.0. The molecule has 0 unspecified atom stereocenters. The molecule has 2 aliphatic rings. The number of hydrogen-bond acceptors (Lipinski definition) is 7. The number of benzene rings is 1. The molecule has 33 heavy (non-hydrogen) atoms. The Morgan fingerprint density at radius 1 is 1.12 bits per heavy atom. The molecular formula is C24H30N2O5S2. The number of carbonyl (C=O) groups is 1. The van der Waals surface area contributed by atoms with Gasteiger partial charge in [0.25, 0.3) is 5.91 Å². The molecule has 1 aromatic carbocycles. The molecule has 0 spiro atoms. The van der Waals surface area contributed by atoms with Crippen LogP contribution in [0.5, 0.6) is 0 Å². The van der Waals surface area contributed by atoms with Crippen LogP contribution in [0.2, 0.25) is 0 Å². The molecule has 0 radical (unpaired) electrons.